The molecule has 1 heterocycles. The molecule has 6 nitrogen and oxygen atoms in total. The van der Waals surface area contributed by atoms with Crippen LogP contribution in [0.5, 0.6) is 0 Å². The fourth-order valence-corrected chi connectivity index (χ4v) is 2.07. The Balaban J connectivity index is 2.73. The maximum atomic E-state index is 12.2. The summed E-state index contributed by atoms with van der Waals surface area (Å²) < 4.78 is 0. The molecule has 18 heavy (non-hydrogen) atoms. The van der Waals surface area contributed by atoms with E-state index in [1.165, 1.54) is 9.80 Å². The summed E-state index contributed by atoms with van der Waals surface area (Å²) in [6.45, 7) is 5.86. The second-order valence-electron chi connectivity index (χ2n) is 5.23. The Morgan fingerprint density at radius 1 is 1.50 bits per heavy atom. The number of hydrogen-bond donors (Lipinski definition) is 2. The predicted molar refractivity (Wildman–Crippen MR) is 66.3 cm³/mol. The quantitative estimate of drug-likeness (QED) is 0.779. The van der Waals surface area contributed by atoms with E-state index in [1.54, 1.807) is 6.92 Å². The Hall–Kier alpha value is -1.30. The first-order valence-electron chi connectivity index (χ1n) is 6.26. The van der Waals surface area contributed by atoms with Crippen molar-refractivity contribution >= 4 is 12.0 Å². The number of β-amino-alcohol motifs (C(OH)–C–C–N with tert-alkyl or cyclic N) is 1. The van der Waals surface area contributed by atoms with E-state index >= 15 is 0 Å². The van der Waals surface area contributed by atoms with Gasteiger partial charge in [0.25, 0.3) is 0 Å². The first-order valence-corrected chi connectivity index (χ1v) is 6.26. The number of carbonyl (C=O) groups excluding carboxylic acids is 1. The number of carbonyl (C=O) groups is 2. The molecule has 2 atom stereocenters. The first-order chi connectivity index (χ1) is 8.26. The number of likely N-dealkylation sites (tertiary alicyclic amines) is 1. The van der Waals surface area contributed by atoms with E-state index in [0.29, 0.717) is 19.4 Å². The topological polar surface area (TPSA) is 81.1 Å². The van der Waals surface area contributed by atoms with E-state index in [9.17, 15) is 14.7 Å². The molecular weight excluding hydrogens is 236 g/mol. The van der Waals surface area contributed by atoms with Gasteiger partial charge in [-0.05, 0) is 26.7 Å². The molecule has 2 amide bonds. The maximum Gasteiger partial charge on any atom is 0.323 e. The van der Waals surface area contributed by atoms with E-state index in [-0.39, 0.29) is 25.2 Å². The molecule has 104 valence electrons. The Labute approximate surface area is 107 Å². The lowest BCUT2D eigenvalue weighted by atomic mass is 10.1. The van der Waals surface area contributed by atoms with Gasteiger partial charge in [0.05, 0.1) is 12.1 Å². The van der Waals surface area contributed by atoms with Gasteiger partial charge in [-0.2, -0.15) is 0 Å². The van der Waals surface area contributed by atoms with Crippen molar-refractivity contribution in [2.24, 2.45) is 0 Å². The number of carboxylic acid groups (broad SMARTS) is 1. The second-order valence-corrected chi connectivity index (χ2v) is 5.23. The van der Waals surface area contributed by atoms with Crippen LogP contribution in [0.25, 0.3) is 0 Å². The largest absolute Gasteiger partial charge is 0.480 e. The molecule has 6 heteroatoms. The van der Waals surface area contributed by atoms with Crippen LogP contribution in [0, 0.1) is 0 Å². The molecule has 1 fully saturated rings. The van der Waals surface area contributed by atoms with Gasteiger partial charge in [-0.3, -0.25) is 4.79 Å². The van der Waals surface area contributed by atoms with Crippen molar-refractivity contribution in [3.05, 3.63) is 0 Å². The number of carboxylic acids is 1. The molecule has 0 aliphatic carbocycles. The third-order valence-corrected chi connectivity index (χ3v) is 3.40. The normalized spacial score (nSPS) is 25.0. The molecule has 1 aliphatic heterocycles. The summed E-state index contributed by atoms with van der Waals surface area (Å²) >= 11 is 0. The molecule has 2 unspecified atom stereocenters. The Morgan fingerprint density at radius 3 is 2.50 bits per heavy atom. The highest BCUT2D eigenvalue weighted by atomic mass is 16.4. The van der Waals surface area contributed by atoms with Crippen molar-refractivity contribution in [2.75, 3.05) is 19.6 Å². The van der Waals surface area contributed by atoms with Crippen LogP contribution in [-0.4, -0.2) is 63.3 Å². The lowest BCUT2D eigenvalue weighted by molar-refractivity contribution is -0.138. The molecular formula is C12H22N2O4. The van der Waals surface area contributed by atoms with Crippen LogP contribution in [-0.2, 0) is 4.79 Å². The molecule has 0 aromatic carbocycles. The van der Waals surface area contributed by atoms with Crippen LogP contribution in [0.3, 0.4) is 0 Å². The molecule has 1 rings (SSSR count). The number of nitrogens with zero attached hydrogens (tertiary/aromatic N) is 2. The zero-order valence-electron chi connectivity index (χ0n) is 11.2. The van der Waals surface area contributed by atoms with Gasteiger partial charge < -0.3 is 20.0 Å². The second kappa shape index (κ2) is 5.56. The molecule has 0 saturated carbocycles. The molecule has 2 N–H and O–H groups in total. The smallest absolute Gasteiger partial charge is 0.323 e. The van der Waals surface area contributed by atoms with Gasteiger partial charge in [0, 0.05) is 12.6 Å². The molecule has 1 aliphatic rings. The standard InChI is InChI=1S/C12H22N2O4/c1-4-9(2)14(7-10(15)16)11(17)13-6-5-12(3,18)8-13/h9,18H,4-8H2,1-3H3,(H,15,16). The highest BCUT2D eigenvalue weighted by Crippen LogP contribution is 2.22. The summed E-state index contributed by atoms with van der Waals surface area (Å²) in [5.41, 5.74) is -0.861. The van der Waals surface area contributed by atoms with E-state index in [2.05, 4.69) is 0 Å². The number of rotatable bonds is 4. The maximum absolute atomic E-state index is 12.2. The Kier molecular flexibility index (Phi) is 4.56. The minimum atomic E-state index is -1.02. The number of aliphatic hydroxyl groups is 1. The predicted octanol–water partition coefficient (Wildman–Crippen LogP) is 0.748. The van der Waals surface area contributed by atoms with Crippen LogP contribution >= 0.6 is 0 Å². The van der Waals surface area contributed by atoms with Gasteiger partial charge in [0.2, 0.25) is 0 Å². The zero-order chi connectivity index (χ0) is 13.9. The van der Waals surface area contributed by atoms with E-state index in [4.69, 9.17) is 5.11 Å². The average molecular weight is 258 g/mol. The summed E-state index contributed by atoms with van der Waals surface area (Å²) in [6, 6.07) is -0.427. The zero-order valence-corrected chi connectivity index (χ0v) is 11.2. The van der Waals surface area contributed by atoms with Crippen molar-refractivity contribution in [3.63, 3.8) is 0 Å². The molecule has 1 saturated heterocycles. The Bertz CT molecular complexity index is 330. The minimum absolute atomic E-state index is 0.126. The van der Waals surface area contributed by atoms with Gasteiger partial charge in [0.1, 0.15) is 6.54 Å². The third kappa shape index (κ3) is 3.60. The van der Waals surface area contributed by atoms with Gasteiger partial charge >= 0.3 is 12.0 Å². The molecule has 0 aromatic heterocycles. The van der Waals surface area contributed by atoms with Crippen molar-refractivity contribution in [3.8, 4) is 0 Å². The Morgan fingerprint density at radius 2 is 2.11 bits per heavy atom. The molecule has 0 bridgehead atoms. The lowest BCUT2D eigenvalue weighted by Crippen LogP contribution is -2.49. The van der Waals surface area contributed by atoms with E-state index in [1.807, 2.05) is 13.8 Å². The number of aliphatic carboxylic acids is 1. The van der Waals surface area contributed by atoms with Crippen LogP contribution < -0.4 is 0 Å². The third-order valence-electron chi connectivity index (χ3n) is 3.40. The SMILES string of the molecule is CCC(C)N(CC(=O)O)C(=O)N1CCC(C)(O)C1. The highest BCUT2D eigenvalue weighted by Gasteiger charge is 2.37. The average Bonchev–Trinajstić information content (AvgIpc) is 2.64. The van der Waals surface area contributed by atoms with E-state index in [0.717, 1.165) is 0 Å². The highest BCUT2D eigenvalue weighted by molar-refractivity contribution is 5.80. The van der Waals surface area contributed by atoms with Crippen molar-refractivity contribution < 1.29 is 19.8 Å². The fourth-order valence-electron chi connectivity index (χ4n) is 2.07. The first kappa shape index (κ1) is 14.8. The van der Waals surface area contributed by atoms with Crippen molar-refractivity contribution in [1.29, 1.82) is 0 Å². The molecule has 0 spiro atoms. The van der Waals surface area contributed by atoms with Gasteiger partial charge in [-0.25, -0.2) is 4.79 Å². The monoisotopic (exact) mass is 258 g/mol. The summed E-state index contributed by atoms with van der Waals surface area (Å²) in [7, 11) is 0. The lowest BCUT2D eigenvalue weighted by Gasteiger charge is -2.31. The van der Waals surface area contributed by atoms with Crippen LogP contribution in [0.4, 0.5) is 4.79 Å². The summed E-state index contributed by atoms with van der Waals surface area (Å²) in [5, 5.41) is 18.7. The summed E-state index contributed by atoms with van der Waals surface area (Å²) in [4.78, 5) is 25.9. The van der Waals surface area contributed by atoms with Crippen molar-refractivity contribution in [1.82, 2.24) is 9.80 Å². The van der Waals surface area contributed by atoms with Crippen LogP contribution in [0.1, 0.15) is 33.6 Å². The number of urea groups is 1. The molecule has 0 radical (unpaired) electrons. The molecule has 0 aromatic rings. The van der Waals surface area contributed by atoms with E-state index < -0.39 is 11.6 Å². The number of amides is 2. The van der Waals surface area contributed by atoms with Gasteiger partial charge in [-0.1, -0.05) is 6.92 Å². The minimum Gasteiger partial charge on any atom is -0.480 e. The summed E-state index contributed by atoms with van der Waals surface area (Å²) in [5.74, 6) is -1.02. The fraction of sp³-hybridized carbons (Fsp3) is 0.833. The van der Waals surface area contributed by atoms with Crippen LogP contribution in [0.15, 0.2) is 0 Å². The van der Waals surface area contributed by atoms with Gasteiger partial charge in [-0.15, -0.1) is 0 Å². The van der Waals surface area contributed by atoms with Crippen molar-refractivity contribution in [2.45, 2.75) is 45.3 Å². The van der Waals surface area contributed by atoms with Gasteiger partial charge in [0.15, 0.2) is 0 Å². The van der Waals surface area contributed by atoms with Crippen LogP contribution in [0.2, 0.25) is 0 Å². The summed E-state index contributed by atoms with van der Waals surface area (Å²) in [6.07, 6.45) is 1.23. The number of hydrogen-bond acceptors (Lipinski definition) is 3.